The van der Waals surface area contributed by atoms with Gasteiger partial charge in [-0.2, -0.15) is 4.98 Å². The molecule has 0 unspecified atom stereocenters. The Bertz CT molecular complexity index is 1250. The Hall–Kier alpha value is -3.05. The lowest BCUT2D eigenvalue weighted by Gasteiger charge is -2.37. The van der Waals surface area contributed by atoms with Crippen molar-refractivity contribution in [2.45, 2.75) is 64.3 Å². The minimum Gasteiger partial charge on any atom is -0.477 e. The molecule has 1 aromatic carbocycles. The van der Waals surface area contributed by atoms with Crippen LogP contribution in [0.4, 0.5) is 20.6 Å². The van der Waals surface area contributed by atoms with Crippen molar-refractivity contribution in [3.8, 4) is 5.88 Å². The summed E-state index contributed by atoms with van der Waals surface area (Å²) in [6.45, 7) is 9.93. The molecule has 224 valence electrons. The highest BCUT2D eigenvalue weighted by molar-refractivity contribution is 5.85. The van der Waals surface area contributed by atoms with E-state index in [1.165, 1.54) is 6.07 Å². The van der Waals surface area contributed by atoms with Gasteiger partial charge < -0.3 is 24.8 Å². The van der Waals surface area contributed by atoms with Gasteiger partial charge in [0.15, 0.2) is 5.82 Å². The van der Waals surface area contributed by atoms with Crippen molar-refractivity contribution in [1.29, 1.82) is 0 Å². The number of nitrogens with two attached hydrogens (primary N) is 1. The summed E-state index contributed by atoms with van der Waals surface area (Å²) in [5, 5.41) is 4.08. The summed E-state index contributed by atoms with van der Waals surface area (Å²) in [5.41, 5.74) is 6.72. The standard InChI is InChI=1S/C29H39F2N7O2.ClH/c1-18(2)28-35-29(40-36-28)37-10-6-20(7-11-37)19(3)9-13-39-27-16-33-26(15-34-27)38-12-8-22(25(32)17-38)23-14-21(30)4-5-24(23)31;/h4-5,14-16,18-20,22,25H,6-13,17,32H2,1-3H3;1H/t19-,22-,25+;/m1./s1. The third kappa shape index (κ3) is 7.43. The Morgan fingerprint density at radius 2 is 1.80 bits per heavy atom. The maximum atomic E-state index is 14.3. The van der Waals surface area contributed by atoms with E-state index in [0.29, 0.717) is 61.2 Å². The normalized spacial score (nSPS) is 20.7. The summed E-state index contributed by atoms with van der Waals surface area (Å²) in [4.78, 5) is 17.7. The van der Waals surface area contributed by atoms with Crippen LogP contribution in [0.2, 0.25) is 0 Å². The molecule has 3 atom stereocenters. The van der Waals surface area contributed by atoms with E-state index in [0.717, 1.165) is 50.3 Å². The van der Waals surface area contributed by atoms with Crippen LogP contribution in [0.5, 0.6) is 5.88 Å². The molecule has 2 fully saturated rings. The van der Waals surface area contributed by atoms with E-state index in [4.69, 9.17) is 15.0 Å². The first kappa shape index (κ1) is 30.9. The zero-order valence-corrected chi connectivity index (χ0v) is 24.7. The number of benzene rings is 1. The average Bonchev–Trinajstić information content (AvgIpc) is 3.46. The first-order valence-electron chi connectivity index (χ1n) is 14.3. The van der Waals surface area contributed by atoms with E-state index in [-0.39, 0.29) is 30.3 Å². The van der Waals surface area contributed by atoms with Gasteiger partial charge in [0.05, 0.1) is 19.0 Å². The fourth-order valence-electron chi connectivity index (χ4n) is 5.76. The van der Waals surface area contributed by atoms with Crippen LogP contribution in [-0.2, 0) is 0 Å². The molecule has 5 rings (SSSR count). The van der Waals surface area contributed by atoms with Crippen molar-refractivity contribution in [1.82, 2.24) is 20.1 Å². The molecule has 4 heterocycles. The smallest absolute Gasteiger partial charge is 0.324 e. The quantitative estimate of drug-likeness (QED) is 0.353. The minimum atomic E-state index is -0.451. The number of ether oxygens (including phenoxy) is 1. The maximum absolute atomic E-state index is 14.3. The number of rotatable bonds is 9. The van der Waals surface area contributed by atoms with E-state index in [1.54, 1.807) is 12.4 Å². The molecule has 0 saturated carbocycles. The number of nitrogens with zero attached hydrogens (tertiary/aromatic N) is 6. The van der Waals surface area contributed by atoms with Crippen LogP contribution in [0, 0.1) is 23.5 Å². The van der Waals surface area contributed by atoms with Crippen LogP contribution in [0.3, 0.4) is 0 Å². The van der Waals surface area contributed by atoms with Gasteiger partial charge in [-0.1, -0.05) is 25.9 Å². The van der Waals surface area contributed by atoms with Crippen LogP contribution >= 0.6 is 12.4 Å². The summed E-state index contributed by atoms with van der Waals surface area (Å²) in [5.74, 6) is 2.23. The molecular formula is C29H40ClF2N7O2. The molecule has 0 radical (unpaired) electrons. The zero-order chi connectivity index (χ0) is 28.2. The van der Waals surface area contributed by atoms with Gasteiger partial charge >= 0.3 is 6.01 Å². The van der Waals surface area contributed by atoms with Gasteiger partial charge in [0.2, 0.25) is 5.88 Å². The summed E-state index contributed by atoms with van der Waals surface area (Å²) < 4.78 is 39.3. The Balaban J connectivity index is 0.00000387. The molecule has 12 heteroatoms. The average molecular weight is 592 g/mol. The SMILES string of the molecule is CC(C)c1noc(N2CCC([C@H](C)CCOc3cnc(N4CC[C@H](c5cc(F)ccc5F)[C@@H](N)C4)cn3)CC2)n1.Cl. The third-order valence-electron chi connectivity index (χ3n) is 8.34. The van der Waals surface area contributed by atoms with Crippen molar-refractivity contribution in [2.24, 2.45) is 17.6 Å². The highest BCUT2D eigenvalue weighted by Crippen LogP contribution is 2.32. The Morgan fingerprint density at radius 1 is 1.05 bits per heavy atom. The molecule has 2 aromatic heterocycles. The van der Waals surface area contributed by atoms with Crippen molar-refractivity contribution < 1.29 is 18.0 Å². The highest BCUT2D eigenvalue weighted by atomic mass is 35.5. The number of halogens is 3. The van der Waals surface area contributed by atoms with Gasteiger partial charge in [-0.15, -0.1) is 12.4 Å². The third-order valence-corrected chi connectivity index (χ3v) is 8.34. The zero-order valence-electron chi connectivity index (χ0n) is 23.9. The summed E-state index contributed by atoms with van der Waals surface area (Å²) in [6.07, 6.45) is 7.03. The lowest BCUT2D eigenvalue weighted by Crippen LogP contribution is -2.48. The predicted octanol–water partition coefficient (Wildman–Crippen LogP) is 5.33. The molecule has 0 amide bonds. The first-order valence-corrected chi connectivity index (χ1v) is 14.3. The number of aromatic nitrogens is 4. The molecule has 2 N–H and O–H groups in total. The summed E-state index contributed by atoms with van der Waals surface area (Å²) in [6, 6.07) is 3.83. The van der Waals surface area contributed by atoms with E-state index >= 15 is 0 Å². The number of piperidine rings is 2. The molecule has 0 bridgehead atoms. The van der Waals surface area contributed by atoms with E-state index in [1.807, 2.05) is 4.90 Å². The Kier molecular flexibility index (Phi) is 10.4. The molecule has 9 nitrogen and oxygen atoms in total. The van der Waals surface area contributed by atoms with Crippen LogP contribution in [0.25, 0.3) is 0 Å². The van der Waals surface area contributed by atoms with E-state index in [9.17, 15) is 8.78 Å². The first-order chi connectivity index (χ1) is 19.3. The van der Waals surface area contributed by atoms with Gasteiger partial charge in [0.1, 0.15) is 17.5 Å². The van der Waals surface area contributed by atoms with Gasteiger partial charge in [-0.25, -0.2) is 18.7 Å². The second-order valence-corrected chi connectivity index (χ2v) is 11.4. The van der Waals surface area contributed by atoms with E-state index < -0.39 is 11.6 Å². The van der Waals surface area contributed by atoms with Crippen molar-refractivity contribution in [3.63, 3.8) is 0 Å². The molecular weight excluding hydrogens is 552 g/mol. The van der Waals surface area contributed by atoms with Gasteiger partial charge in [0, 0.05) is 44.1 Å². The second-order valence-electron chi connectivity index (χ2n) is 11.4. The lowest BCUT2D eigenvalue weighted by atomic mass is 9.84. The summed E-state index contributed by atoms with van der Waals surface area (Å²) >= 11 is 0. The molecule has 3 aromatic rings. The van der Waals surface area contributed by atoms with Crippen molar-refractivity contribution in [2.75, 3.05) is 42.6 Å². The number of anilines is 2. The highest BCUT2D eigenvalue weighted by Gasteiger charge is 2.31. The van der Waals surface area contributed by atoms with Crippen LogP contribution in [-0.4, -0.2) is 58.9 Å². The van der Waals surface area contributed by atoms with Crippen molar-refractivity contribution in [3.05, 3.63) is 53.6 Å². The topological polar surface area (TPSA) is 106 Å². The summed E-state index contributed by atoms with van der Waals surface area (Å²) in [7, 11) is 0. The molecule has 0 spiro atoms. The number of hydrogen-bond acceptors (Lipinski definition) is 9. The molecule has 2 saturated heterocycles. The lowest BCUT2D eigenvalue weighted by molar-refractivity contribution is 0.216. The largest absolute Gasteiger partial charge is 0.477 e. The molecule has 2 aliphatic rings. The van der Waals surface area contributed by atoms with Gasteiger partial charge in [0.25, 0.3) is 0 Å². The molecule has 0 aliphatic carbocycles. The van der Waals surface area contributed by atoms with Crippen LogP contribution in [0.15, 0.2) is 35.1 Å². The van der Waals surface area contributed by atoms with E-state index in [2.05, 4.69) is 45.8 Å². The fourth-order valence-corrected chi connectivity index (χ4v) is 5.76. The molecule has 2 aliphatic heterocycles. The van der Waals surface area contributed by atoms with Gasteiger partial charge in [-0.3, -0.25) is 0 Å². The minimum absolute atomic E-state index is 0. The van der Waals surface area contributed by atoms with Crippen LogP contribution in [0.1, 0.15) is 69.7 Å². The van der Waals surface area contributed by atoms with Crippen LogP contribution < -0.4 is 20.3 Å². The Morgan fingerprint density at radius 3 is 2.46 bits per heavy atom. The predicted molar refractivity (Wildman–Crippen MR) is 156 cm³/mol. The van der Waals surface area contributed by atoms with Gasteiger partial charge in [-0.05, 0) is 61.3 Å². The maximum Gasteiger partial charge on any atom is 0.324 e. The van der Waals surface area contributed by atoms with Crippen molar-refractivity contribution >= 4 is 24.2 Å². The molecule has 41 heavy (non-hydrogen) atoms. The monoisotopic (exact) mass is 591 g/mol. The fraction of sp³-hybridized carbons (Fsp3) is 0.586. The second kappa shape index (κ2) is 13.7. The number of hydrogen-bond donors (Lipinski definition) is 1. The Labute approximate surface area is 246 Å².